The van der Waals surface area contributed by atoms with Gasteiger partial charge in [-0.15, -0.1) is 0 Å². The SMILES string of the molecule is Cc1cc(C(=O)N2CCSCC2)ccc1NC(=O)CCc1cccc(OC2CCCC2)c1. The lowest BCUT2D eigenvalue weighted by Crippen LogP contribution is -2.37. The molecule has 1 N–H and O–H groups in total. The number of carbonyl (C=O) groups is 2. The maximum Gasteiger partial charge on any atom is 0.253 e. The number of amides is 2. The fourth-order valence-corrected chi connectivity index (χ4v) is 5.23. The second kappa shape index (κ2) is 10.9. The normalized spacial score (nSPS) is 16.7. The summed E-state index contributed by atoms with van der Waals surface area (Å²) in [7, 11) is 0. The Morgan fingerprint density at radius 1 is 1.09 bits per heavy atom. The van der Waals surface area contributed by atoms with Crippen LogP contribution in [0.3, 0.4) is 0 Å². The molecule has 2 aliphatic rings. The highest BCUT2D eigenvalue weighted by molar-refractivity contribution is 7.99. The number of nitrogens with zero attached hydrogens (tertiary/aromatic N) is 1. The summed E-state index contributed by atoms with van der Waals surface area (Å²) >= 11 is 1.89. The smallest absolute Gasteiger partial charge is 0.253 e. The number of ether oxygens (including phenoxy) is 1. The van der Waals surface area contributed by atoms with Crippen LogP contribution in [-0.4, -0.2) is 47.4 Å². The van der Waals surface area contributed by atoms with Crippen molar-refractivity contribution in [2.45, 2.75) is 51.6 Å². The molecule has 2 fully saturated rings. The highest BCUT2D eigenvalue weighted by Crippen LogP contribution is 2.25. The summed E-state index contributed by atoms with van der Waals surface area (Å²) in [5, 5.41) is 3.00. The van der Waals surface area contributed by atoms with Crippen LogP contribution in [0.25, 0.3) is 0 Å². The molecule has 0 unspecified atom stereocenters. The second-order valence-corrected chi connectivity index (χ2v) is 9.88. The van der Waals surface area contributed by atoms with E-state index in [1.165, 1.54) is 12.8 Å². The van der Waals surface area contributed by atoms with Gasteiger partial charge in [-0.25, -0.2) is 0 Å². The molecule has 1 aliphatic carbocycles. The number of carbonyl (C=O) groups excluding carboxylic acids is 2. The van der Waals surface area contributed by atoms with Gasteiger partial charge in [0.25, 0.3) is 5.91 Å². The van der Waals surface area contributed by atoms with E-state index in [1.54, 1.807) is 0 Å². The number of anilines is 1. The minimum absolute atomic E-state index is 0.0256. The quantitative estimate of drug-likeness (QED) is 0.637. The predicted octanol–water partition coefficient (Wildman–Crippen LogP) is 5.08. The van der Waals surface area contributed by atoms with Crippen LogP contribution in [0.4, 0.5) is 5.69 Å². The summed E-state index contributed by atoms with van der Waals surface area (Å²) < 4.78 is 6.08. The highest BCUT2D eigenvalue weighted by atomic mass is 32.2. The van der Waals surface area contributed by atoms with Crippen LogP contribution in [-0.2, 0) is 11.2 Å². The Morgan fingerprint density at radius 3 is 2.62 bits per heavy atom. The van der Waals surface area contributed by atoms with Crippen LogP contribution in [0.15, 0.2) is 42.5 Å². The summed E-state index contributed by atoms with van der Waals surface area (Å²) in [6.07, 6.45) is 6.16. The summed E-state index contributed by atoms with van der Waals surface area (Å²) in [5.41, 5.74) is 3.46. The molecule has 0 bridgehead atoms. The summed E-state index contributed by atoms with van der Waals surface area (Å²) in [6.45, 7) is 3.53. The highest BCUT2D eigenvalue weighted by Gasteiger charge is 2.19. The van der Waals surface area contributed by atoms with E-state index in [0.29, 0.717) is 24.5 Å². The molecule has 0 radical (unpaired) electrons. The van der Waals surface area contributed by atoms with Gasteiger partial charge in [0.15, 0.2) is 0 Å². The Morgan fingerprint density at radius 2 is 1.88 bits per heavy atom. The van der Waals surface area contributed by atoms with Crippen molar-refractivity contribution in [3.63, 3.8) is 0 Å². The predicted molar refractivity (Wildman–Crippen MR) is 131 cm³/mol. The first kappa shape index (κ1) is 22.7. The maximum atomic E-state index is 12.7. The number of nitrogens with one attached hydrogen (secondary N) is 1. The minimum atomic E-state index is -0.0256. The van der Waals surface area contributed by atoms with Crippen LogP contribution in [0.5, 0.6) is 5.75 Å². The van der Waals surface area contributed by atoms with E-state index in [9.17, 15) is 9.59 Å². The third-order valence-corrected chi connectivity index (χ3v) is 7.13. The summed E-state index contributed by atoms with van der Waals surface area (Å²) in [5.74, 6) is 2.94. The van der Waals surface area contributed by atoms with Crippen LogP contribution in [0.2, 0.25) is 0 Å². The first-order valence-corrected chi connectivity index (χ1v) is 12.8. The van der Waals surface area contributed by atoms with E-state index >= 15 is 0 Å². The molecule has 2 aromatic rings. The molecule has 4 rings (SSSR count). The molecule has 6 heteroatoms. The van der Waals surface area contributed by atoms with E-state index in [4.69, 9.17) is 4.74 Å². The van der Waals surface area contributed by atoms with Crippen molar-refractivity contribution < 1.29 is 14.3 Å². The standard InChI is InChI=1S/C26H32N2O3S/c1-19-17-21(26(30)28-13-15-32-16-14-28)10-11-24(19)27-25(29)12-9-20-5-4-8-23(18-20)31-22-6-2-3-7-22/h4-5,8,10-11,17-18,22H,2-3,6-7,9,12-16H2,1H3,(H,27,29). The largest absolute Gasteiger partial charge is 0.490 e. The van der Waals surface area contributed by atoms with Crippen molar-refractivity contribution in [2.75, 3.05) is 29.9 Å². The Labute approximate surface area is 194 Å². The van der Waals surface area contributed by atoms with Crippen LogP contribution < -0.4 is 10.1 Å². The van der Waals surface area contributed by atoms with E-state index in [2.05, 4.69) is 11.4 Å². The lowest BCUT2D eigenvalue weighted by molar-refractivity contribution is -0.116. The average molecular weight is 453 g/mol. The van der Waals surface area contributed by atoms with Crippen molar-refractivity contribution in [2.24, 2.45) is 0 Å². The van der Waals surface area contributed by atoms with Gasteiger partial charge in [0, 0.05) is 42.3 Å². The third kappa shape index (κ3) is 6.06. The second-order valence-electron chi connectivity index (χ2n) is 8.65. The number of hydrogen-bond donors (Lipinski definition) is 1. The zero-order valence-corrected chi connectivity index (χ0v) is 19.6. The zero-order chi connectivity index (χ0) is 22.3. The Kier molecular flexibility index (Phi) is 7.74. The fraction of sp³-hybridized carbons (Fsp3) is 0.462. The van der Waals surface area contributed by atoms with Crippen molar-refractivity contribution in [1.29, 1.82) is 0 Å². The number of aryl methyl sites for hydroxylation is 2. The summed E-state index contributed by atoms with van der Waals surface area (Å²) in [4.78, 5) is 27.2. The van der Waals surface area contributed by atoms with Crippen molar-refractivity contribution in [1.82, 2.24) is 4.90 Å². The number of benzene rings is 2. The minimum Gasteiger partial charge on any atom is -0.490 e. The molecule has 0 spiro atoms. The molecule has 1 aliphatic heterocycles. The maximum absolute atomic E-state index is 12.7. The molecule has 1 saturated carbocycles. The molecule has 32 heavy (non-hydrogen) atoms. The zero-order valence-electron chi connectivity index (χ0n) is 18.8. The van der Waals surface area contributed by atoms with Gasteiger partial charge < -0.3 is 15.0 Å². The van der Waals surface area contributed by atoms with E-state index in [0.717, 1.165) is 60.0 Å². The number of rotatable bonds is 7. The molecular weight excluding hydrogens is 420 g/mol. The summed E-state index contributed by atoms with van der Waals surface area (Å²) in [6, 6.07) is 13.6. The average Bonchev–Trinajstić information content (AvgIpc) is 3.32. The molecule has 2 amide bonds. The Bertz CT molecular complexity index is 950. The molecule has 170 valence electrons. The topological polar surface area (TPSA) is 58.6 Å². The van der Waals surface area contributed by atoms with Gasteiger partial charge in [0.2, 0.25) is 5.91 Å². The molecule has 2 aromatic carbocycles. The fourth-order valence-electron chi connectivity index (χ4n) is 4.33. The van der Waals surface area contributed by atoms with Gasteiger partial charge in [0.1, 0.15) is 5.75 Å². The van der Waals surface area contributed by atoms with Crippen LogP contribution in [0, 0.1) is 6.92 Å². The van der Waals surface area contributed by atoms with Crippen molar-refractivity contribution in [3.05, 3.63) is 59.2 Å². The first-order chi connectivity index (χ1) is 15.6. The van der Waals surface area contributed by atoms with Gasteiger partial charge >= 0.3 is 0 Å². The van der Waals surface area contributed by atoms with Gasteiger partial charge in [0.05, 0.1) is 6.10 Å². The Balaban J connectivity index is 1.29. The van der Waals surface area contributed by atoms with Crippen LogP contribution in [0.1, 0.15) is 53.6 Å². The Hall–Kier alpha value is -2.47. The lowest BCUT2D eigenvalue weighted by Gasteiger charge is -2.26. The van der Waals surface area contributed by atoms with Crippen molar-refractivity contribution >= 4 is 29.3 Å². The van der Waals surface area contributed by atoms with Crippen LogP contribution >= 0.6 is 11.8 Å². The van der Waals surface area contributed by atoms with E-state index in [1.807, 2.05) is 60.0 Å². The molecule has 5 nitrogen and oxygen atoms in total. The van der Waals surface area contributed by atoms with Gasteiger partial charge in [-0.2, -0.15) is 11.8 Å². The number of hydrogen-bond acceptors (Lipinski definition) is 4. The van der Waals surface area contributed by atoms with Gasteiger partial charge in [-0.1, -0.05) is 12.1 Å². The van der Waals surface area contributed by atoms with Gasteiger partial charge in [-0.05, 0) is 80.5 Å². The number of thioether (sulfide) groups is 1. The molecule has 0 atom stereocenters. The molecule has 0 aromatic heterocycles. The molecule has 1 heterocycles. The first-order valence-electron chi connectivity index (χ1n) is 11.6. The van der Waals surface area contributed by atoms with Gasteiger partial charge in [-0.3, -0.25) is 9.59 Å². The molecular formula is C26H32N2O3S. The van der Waals surface area contributed by atoms with Crippen molar-refractivity contribution in [3.8, 4) is 5.75 Å². The lowest BCUT2D eigenvalue weighted by atomic mass is 10.1. The van der Waals surface area contributed by atoms with E-state index in [-0.39, 0.29) is 11.8 Å². The monoisotopic (exact) mass is 452 g/mol. The van der Waals surface area contributed by atoms with E-state index < -0.39 is 0 Å². The molecule has 1 saturated heterocycles. The third-order valence-electron chi connectivity index (χ3n) is 6.19.